The highest BCUT2D eigenvalue weighted by Crippen LogP contribution is 2.20. The molecule has 0 saturated heterocycles. The fourth-order valence-corrected chi connectivity index (χ4v) is 1.85. The Morgan fingerprint density at radius 1 is 1.36 bits per heavy atom. The molecule has 1 nitrogen and oxygen atoms in total. The number of aryl methyl sites for hydroxylation is 1. The first kappa shape index (κ1) is 9.59. The summed E-state index contributed by atoms with van der Waals surface area (Å²) in [7, 11) is 0. The number of halogens is 2. The third-order valence-electron chi connectivity index (χ3n) is 2.66. The van der Waals surface area contributed by atoms with Crippen molar-refractivity contribution >= 4 is 0 Å². The van der Waals surface area contributed by atoms with Crippen LogP contribution in [0.2, 0.25) is 0 Å². The van der Waals surface area contributed by atoms with Crippen LogP contribution in [0.15, 0.2) is 18.2 Å². The third-order valence-corrected chi connectivity index (χ3v) is 2.66. The van der Waals surface area contributed by atoms with Crippen LogP contribution in [0.1, 0.15) is 16.7 Å². The molecular formula is C11H13F2N. The van der Waals surface area contributed by atoms with Gasteiger partial charge in [0.15, 0.2) is 0 Å². The second-order valence-corrected chi connectivity index (χ2v) is 3.80. The van der Waals surface area contributed by atoms with Gasteiger partial charge in [-0.15, -0.1) is 0 Å². The second-order valence-electron chi connectivity index (χ2n) is 3.80. The maximum absolute atomic E-state index is 12.5. The largest absolute Gasteiger partial charge is 0.304 e. The van der Waals surface area contributed by atoms with Gasteiger partial charge in [0.25, 0.3) is 6.43 Å². The topological polar surface area (TPSA) is 12.0 Å². The molecule has 1 aromatic rings. The van der Waals surface area contributed by atoms with Crippen LogP contribution < -0.4 is 5.32 Å². The molecule has 1 aromatic carbocycles. The molecule has 0 aliphatic carbocycles. The number of fused-ring (bicyclic) bond motifs is 1. The average molecular weight is 197 g/mol. The molecule has 1 unspecified atom stereocenters. The maximum Gasteiger partial charge on any atom is 0.254 e. The van der Waals surface area contributed by atoms with E-state index >= 15 is 0 Å². The van der Waals surface area contributed by atoms with Gasteiger partial charge >= 0.3 is 0 Å². The van der Waals surface area contributed by atoms with Crippen molar-refractivity contribution in [1.29, 1.82) is 0 Å². The SMILES string of the molecule is Cc1ccc2c(c1)CC(C(F)F)NC2. The van der Waals surface area contributed by atoms with Crippen LogP contribution in [0, 0.1) is 6.92 Å². The van der Waals surface area contributed by atoms with Gasteiger partial charge in [-0.25, -0.2) is 8.78 Å². The lowest BCUT2D eigenvalue weighted by atomic mass is 9.94. The highest BCUT2D eigenvalue weighted by Gasteiger charge is 2.24. The third kappa shape index (κ3) is 1.77. The van der Waals surface area contributed by atoms with Crippen LogP contribution in [0.3, 0.4) is 0 Å². The van der Waals surface area contributed by atoms with Crippen molar-refractivity contribution in [1.82, 2.24) is 5.32 Å². The molecule has 0 aromatic heterocycles. The van der Waals surface area contributed by atoms with Crippen molar-refractivity contribution in [2.24, 2.45) is 0 Å². The summed E-state index contributed by atoms with van der Waals surface area (Å²) in [6.07, 6.45) is -1.84. The maximum atomic E-state index is 12.5. The molecule has 0 fully saturated rings. The Morgan fingerprint density at radius 2 is 2.14 bits per heavy atom. The van der Waals surface area contributed by atoms with Crippen LogP contribution in [-0.4, -0.2) is 12.5 Å². The van der Waals surface area contributed by atoms with Crippen molar-refractivity contribution in [3.63, 3.8) is 0 Å². The molecule has 14 heavy (non-hydrogen) atoms. The Labute approximate surface area is 82.1 Å². The van der Waals surface area contributed by atoms with Crippen molar-refractivity contribution in [2.45, 2.75) is 32.4 Å². The first-order chi connectivity index (χ1) is 6.66. The van der Waals surface area contributed by atoms with Gasteiger partial charge in [0.05, 0.1) is 6.04 Å². The van der Waals surface area contributed by atoms with Crippen molar-refractivity contribution in [3.05, 3.63) is 34.9 Å². The van der Waals surface area contributed by atoms with Crippen LogP contribution in [0.25, 0.3) is 0 Å². The molecule has 0 bridgehead atoms. The van der Waals surface area contributed by atoms with Crippen LogP contribution in [0.4, 0.5) is 8.78 Å². The molecule has 1 atom stereocenters. The normalized spacial score (nSPS) is 21.0. The van der Waals surface area contributed by atoms with Crippen molar-refractivity contribution in [2.75, 3.05) is 0 Å². The molecular weight excluding hydrogens is 184 g/mol. The molecule has 2 rings (SSSR count). The summed E-state index contributed by atoms with van der Waals surface area (Å²) in [6, 6.07) is 5.36. The lowest BCUT2D eigenvalue weighted by molar-refractivity contribution is 0.0942. The summed E-state index contributed by atoms with van der Waals surface area (Å²) in [6.45, 7) is 2.55. The summed E-state index contributed by atoms with van der Waals surface area (Å²) in [5.74, 6) is 0. The van der Waals surface area contributed by atoms with Crippen molar-refractivity contribution < 1.29 is 8.78 Å². The minimum absolute atomic E-state index is 0.439. The van der Waals surface area contributed by atoms with Gasteiger partial charge in [0.1, 0.15) is 0 Å². The predicted molar refractivity (Wildman–Crippen MR) is 51.5 cm³/mol. The number of rotatable bonds is 1. The van der Waals surface area contributed by atoms with Gasteiger partial charge in [-0.1, -0.05) is 23.8 Å². The molecule has 1 N–H and O–H groups in total. The zero-order chi connectivity index (χ0) is 10.1. The number of alkyl halides is 2. The van der Waals surface area contributed by atoms with E-state index in [9.17, 15) is 8.78 Å². The van der Waals surface area contributed by atoms with Crippen LogP contribution >= 0.6 is 0 Å². The quantitative estimate of drug-likeness (QED) is 0.728. The lowest BCUT2D eigenvalue weighted by Crippen LogP contribution is -2.40. The molecule has 0 spiro atoms. The first-order valence-electron chi connectivity index (χ1n) is 4.77. The summed E-state index contributed by atoms with van der Waals surface area (Å²) >= 11 is 0. The molecule has 3 heteroatoms. The Morgan fingerprint density at radius 3 is 2.86 bits per heavy atom. The highest BCUT2D eigenvalue weighted by molar-refractivity contribution is 5.33. The van der Waals surface area contributed by atoms with Gasteiger partial charge < -0.3 is 5.32 Å². The van der Waals surface area contributed by atoms with Gasteiger partial charge in [0.2, 0.25) is 0 Å². The summed E-state index contributed by atoms with van der Waals surface area (Å²) < 4.78 is 24.9. The summed E-state index contributed by atoms with van der Waals surface area (Å²) in [5.41, 5.74) is 3.35. The van der Waals surface area contributed by atoms with E-state index in [4.69, 9.17) is 0 Å². The molecule has 0 saturated carbocycles. The fourth-order valence-electron chi connectivity index (χ4n) is 1.85. The van der Waals surface area contributed by atoms with E-state index in [0.29, 0.717) is 13.0 Å². The minimum Gasteiger partial charge on any atom is -0.304 e. The van der Waals surface area contributed by atoms with Gasteiger partial charge in [-0.2, -0.15) is 0 Å². The van der Waals surface area contributed by atoms with Crippen LogP contribution in [0.5, 0.6) is 0 Å². The molecule has 1 aliphatic rings. The Hall–Kier alpha value is -0.960. The van der Waals surface area contributed by atoms with Gasteiger partial charge in [-0.3, -0.25) is 0 Å². The Balaban J connectivity index is 2.24. The van der Waals surface area contributed by atoms with E-state index in [-0.39, 0.29) is 0 Å². The monoisotopic (exact) mass is 197 g/mol. The van der Waals surface area contributed by atoms with E-state index in [1.807, 2.05) is 25.1 Å². The van der Waals surface area contributed by atoms with E-state index in [0.717, 1.165) is 16.7 Å². The van der Waals surface area contributed by atoms with Gasteiger partial charge in [-0.05, 0) is 24.5 Å². The summed E-state index contributed by atoms with van der Waals surface area (Å²) in [5, 5.41) is 2.84. The predicted octanol–water partition coefficient (Wildman–Crippen LogP) is 2.27. The standard InChI is InChI=1S/C11H13F2N/c1-7-2-3-8-6-14-10(11(12)13)5-9(8)4-7/h2-4,10-11,14H,5-6H2,1H3. The molecule has 0 radical (unpaired) electrons. The lowest BCUT2D eigenvalue weighted by Gasteiger charge is -2.25. The number of nitrogens with one attached hydrogen (secondary N) is 1. The molecule has 1 aliphatic heterocycles. The minimum atomic E-state index is -2.27. The Kier molecular flexibility index (Phi) is 2.50. The number of benzene rings is 1. The zero-order valence-corrected chi connectivity index (χ0v) is 8.06. The molecule has 0 amide bonds. The van der Waals surface area contributed by atoms with E-state index in [2.05, 4.69) is 5.32 Å². The van der Waals surface area contributed by atoms with E-state index in [1.165, 1.54) is 0 Å². The Bertz CT molecular complexity index is 336. The second kappa shape index (κ2) is 3.65. The number of hydrogen-bond donors (Lipinski definition) is 1. The van der Waals surface area contributed by atoms with Gasteiger partial charge in [0, 0.05) is 6.54 Å². The van der Waals surface area contributed by atoms with E-state index in [1.54, 1.807) is 0 Å². The summed E-state index contributed by atoms with van der Waals surface area (Å²) in [4.78, 5) is 0. The highest BCUT2D eigenvalue weighted by atomic mass is 19.3. The average Bonchev–Trinajstić information content (AvgIpc) is 2.16. The smallest absolute Gasteiger partial charge is 0.254 e. The van der Waals surface area contributed by atoms with Crippen molar-refractivity contribution in [3.8, 4) is 0 Å². The fraction of sp³-hybridized carbons (Fsp3) is 0.455. The zero-order valence-electron chi connectivity index (χ0n) is 8.06. The molecule has 76 valence electrons. The first-order valence-corrected chi connectivity index (χ1v) is 4.77. The number of hydrogen-bond acceptors (Lipinski definition) is 1. The van der Waals surface area contributed by atoms with E-state index < -0.39 is 12.5 Å². The van der Waals surface area contributed by atoms with Crippen LogP contribution in [-0.2, 0) is 13.0 Å². The molecule has 1 heterocycles.